The molecule has 0 amide bonds. The van der Waals surface area contributed by atoms with Gasteiger partial charge in [-0.1, -0.05) is 60.9 Å². The lowest BCUT2D eigenvalue weighted by atomic mass is 10.1. The lowest BCUT2D eigenvalue weighted by Crippen LogP contribution is -2.36. The van der Waals surface area contributed by atoms with Crippen molar-refractivity contribution in [2.75, 3.05) is 25.4 Å². The molecule has 0 unspecified atom stereocenters. The van der Waals surface area contributed by atoms with Crippen molar-refractivity contribution >= 4 is 44.5 Å². The van der Waals surface area contributed by atoms with Gasteiger partial charge in [0, 0.05) is 24.8 Å². The summed E-state index contributed by atoms with van der Waals surface area (Å²) in [5.74, 6) is 1.70. The summed E-state index contributed by atoms with van der Waals surface area (Å²) in [5, 5.41) is 12.1. The number of nitrogens with one attached hydrogen (secondary N) is 2. The molecule has 1 aromatic heterocycles. The second kappa shape index (κ2) is 13.4. The Morgan fingerprint density at radius 2 is 2.11 bits per heavy atom. The van der Waals surface area contributed by atoms with E-state index in [0.717, 1.165) is 22.0 Å². The van der Waals surface area contributed by atoms with Gasteiger partial charge < -0.3 is 26.4 Å². The van der Waals surface area contributed by atoms with Crippen LogP contribution in [0.5, 0.6) is 0 Å². The van der Waals surface area contributed by atoms with Gasteiger partial charge in [0.15, 0.2) is 5.13 Å². The quantitative estimate of drug-likeness (QED) is 0.187. The summed E-state index contributed by atoms with van der Waals surface area (Å²) in [6.07, 6.45) is 9.92. The second-order valence-corrected chi connectivity index (χ2v) is 8.94. The number of halogens is 1. The Labute approximate surface area is 215 Å². The van der Waals surface area contributed by atoms with Crippen LogP contribution in [0.15, 0.2) is 89.7 Å². The molecule has 8 nitrogen and oxygen atoms in total. The van der Waals surface area contributed by atoms with E-state index in [1.165, 1.54) is 11.3 Å². The normalized spacial score (nSPS) is 16.3. The highest BCUT2D eigenvalue weighted by atomic mass is 35.5. The molecule has 0 atom stereocenters. The van der Waals surface area contributed by atoms with Crippen LogP contribution in [0.1, 0.15) is 18.5 Å². The van der Waals surface area contributed by atoms with Crippen molar-refractivity contribution in [2.45, 2.75) is 19.8 Å². The van der Waals surface area contributed by atoms with Crippen molar-refractivity contribution in [1.29, 1.82) is 5.41 Å². The highest BCUT2D eigenvalue weighted by molar-refractivity contribution is 7.19. The fourth-order valence-corrected chi connectivity index (χ4v) is 4.08. The molecule has 0 aromatic carbocycles. The minimum absolute atomic E-state index is 0.0791. The van der Waals surface area contributed by atoms with E-state index in [2.05, 4.69) is 41.6 Å². The van der Waals surface area contributed by atoms with Crippen LogP contribution in [0.25, 0.3) is 0 Å². The third-order valence-corrected chi connectivity index (χ3v) is 6.06. The van der Waals surface area contributed by atoms with Crippen LogP contribution in [-0.2, 0) is 4.74 Å². The Balaban J connectivity index is 2.19. The number of aromatic nitrogens is 1. The summed E-state index contributed by atoms with van der Waals surface area (Å²) in [7, 11) is 0. The van der Waals surface area contributed by atoms with Crippen LogP contribution in [0.4, 0.5) is 10.1 Å². The van der Waals surface area contributed by atoms with E-state index in [4.69, 9.17) is 33.2 Å². The average molecular weight is 514 g/mol. The molecule has 1 aliphatic heterocycles. The molecule has 1 aliphatic rings. The number of hydrogen-bond donors (Lipinski definition) is 4. The van der Waals surface area contributed by atoms with E-state index >= 15 is 0 Å². The molecule has 1 fully saturated rings. The number of ether oxygens (including phenoxy) is 1. The highest BCUT2D eigenvalue weighted by Gasteiger charge is 2.20. The van der Waals surface area contributed by atoms with Crippen LogP contribution in [0.2, 0.25) is 0 Å². The highest BCUT2D eigenvalue weighted by Crippen LogP contribution is 2.28. The first-order valence-electron chi connectivity index (χ1n) is 10.8. The third kappa shape index (κ3) is 8.31. The predicted octanol–water partition coefficient (Wildman–Crippen LogP) is 5.03. The Morgan fingerprint density at radius 3 is 2.69 bits per heavy atom. The smallest absolute Gasteiger partial charge is 0.182 e. The number of rotatable bonds is 11. The van der Waals surface area contributed by atoms with E-state index in [0.29, 0.717) is 54.6 Å². The fourth-order valence-electron chi connectivity index (χ4n) is 3.23. The predicted molar refractivity (Wildman–Crippen MR) is 149 cm³/mol. The SMILES string of the molecule is C=CCC(C(=N)Cl)=C(NC(=C)N)N1CCO/C(=C/C=C(\C=C)C(=C)C=Nc2sc(N)nc2C)CC1. The monoisotopic (exact) mass is 513 g/mol. The van der Waals surface area contributed by atoms with E-state index in [-0.39, 0.29) is 11.0 Å². The van der Waals surface area contributed by atoms with Gasteiger partial charge >= 0.3 is 0 Å². The number of thiazole rings is 1. The van der Waals surface area contributed by atoms with Crippen LogP contribution in [0, 0.1) is 12.3 Å². The topological polar surface area (TPSA) is 126 Å². The van der Waals surface area contributed by atoms with E-state index in [1.807, 2.05) is 24.0 Å². The molecule has 35 heavy (non-hydrogen) atoms. The molecule has 0 spiro atoms. The molecule has 0 bridgehead atoms. The van der Waals surface area contributed by atoms with Crippen LogP contribution >= 0.6 is 22.9 Å². The summed E-state index contributed by atoms with van der Waals surface area (Å²) >= 11 is 7.37. The van der Waals surface area contributed by atoms with Crippen molar-refractivity contribution in [3.05, 3.63) is 90.4 Å². The molecule has 2 heterocycles. The molecule has 0 radical (unpaired) electrons. The van der Waals surface area contributed by atoms with Gasteiger partial charge in [-0.2, -0.15) is 0 Å². The zero-order chi connectivity index (χ0) is 26.0. The molecule has 186 valence electrons. The number of nitrogens with zero attached hydrogens (tertiary/aromatic N) is 3. The molecule has 1 saturated heterocycles. The number of aliphatic imine (C=N–C) groups is 1. The van der Waals surface area contributed by atoms with Gasteiger partial charge in [-0.05, 0) is 30.6 Å². The van der Waals surface area contributed by atoms with E-state index in [9.17, 15) is 0 Å². The van der Waals surface area contributed by atoms with Crippen molar-refractivity contribution in [3.8, 4) is 0 Å². The first-order chi connectivity index (χ1) is 16.7. The van der Waals surface area contributed by atoms with Crippen molar-refractivity contribution in [3.63, 3.8) is 0 Å². The molecule has 10 heteroatoms. The first kappa shape index (κ1) is 27.7. The maximum Gasteiger partial charge on any atom is 0.182 e. The van der Waals surface area contributed by atoms with Crippen LogP contribution < -0.4 is 16.8 Å². The minimum Gasteiger partial charge on any atom is -0.496 e. The molecule has 6 N–H and O–H groups in total. The molecule has 0 saturated carbocycles. The van der Waals surface area contributed by atoms with E-state index in [1.54, 1.807) is 18.4 Å². The zero-order valence-corrected chi connectivity index (χ0v) is 21.5. The van der Waals surface area contributed by atoms with Crippen molar-refractivity contribution in [2.24, 2.45) is 10.7 Å². The first-order valence-corrected chi connectivity index (χ1v) is 12.0. The number of aryl methyl sites for hydroxylation is 1. The van der Waals surface area contributed by atoms with Gasteiger partial charge in [0.25, 0.3) is 0 Å². The molecule has 0 aliphatic carbocycles. The molecular weight excluding hydrogens is 482 g/mol. The Hall–Kier alpha value is -3.56. The maximum absolute atomic E-state index is 7.95. The number of anilines is 1. The number of allylic oxidation sites excluding steroid dienone is 7. The van der Waals surface area contributed by atoms with Gasteiger partial charge in [0.2, 0.25) is 0 Å². The van der Waals surface area contributed by atoms with Crippen molar-refractivity contribution in [1.82, 2.24) is 15.2 Å². The zero-order valence-electron chi connectivity index (χ0n) is 19.9. The number of nitrogens with two attached hydrogens (primary N) is 2. The average Bonchev–Trinajstić information content (AvgIpc) is 2.97. The fraction of sp³-hybridized carbons (Fsp3) is 0.240. The van der Waals surface area contributed by atoms with Gasteiger partial charge in [-0.15, -0.1) is 6.58 Å². The summed E-state index contributed by atoms with van der Waals surface area (Å²) in [6.45, 7) is 19.0. The van der Waals surface area contributed by atoms with Crippen LogP contribution in [-0.4, -0.2) is 41.0 Å². The second-order valence-electron chi connectivity index (χ2n) is 7.55. The largest absolute Gasteiger partial charge is 0.496 e. The Kier molecular flexibility index (Phi) is 10.6. The third-order valence-electron chi connectivity index (χ3n) is 4.94. The Bertz CT molecular complexity index is 1130. The lowest BCUT2D eigenvalue weighted by molar-refractivity contribution is 0.203. The summed E-state index contributed by atoms with van der Waals surface area (Å²) in [6, 6.07) is 0. The molecule has 2 rings (SSSR count). The van der Waals surface area contributed by atoms with Crippen LogP contribution in [0.3, 0.4) is 0 Å². The van der Waals surface area contributed by atoms with E-state index < -0.39 is 0 Å². The van der Waals surface area contributed by atoms with Gasteiger partial charge in [0.05, 0.1) is 23.8 Å². The lowest BCUT2D eigenvalue weighted by Gasteiger charge is -2.28. The number of hydrogen-bond acceptors (Lipinski definition) is 9. The summed E-state index contributed by atoms with van der Waals surface area (Å²) < 4.78 is 5.96. The number of nitrogen functional groups attached to an aromatic ring is 1. The van der Waals surface area contributed by atoms with Gasteiger partial charge in [0.1, 0.15) is 22.6 Å². The van der Waals surface area contributed by atoms with Crippen molar-refractivity contribution < 1.29 is 4.74 Å². The van der Waals surface area contributed by atoms with Gasteiger partial charge in [-0.25, -0.2) is 9.98 Å². The summed E-state index contributed by atoms with van der Waals surface area (Å²) in [4.78, 5) is 10.7. The molecular formula is C25H32ClN7OS. The minimum atomic E-state index is -0.0791. The van der Waals surface area contributed by atoms with Gasteiger partial charge in [-0.3, -0.25) is 5.41 Å². The standard InChI is InChI=1S/C25H32ClN7OS/c1-6-8-21(22(26)28)23(32-18(5)27)33-12-11-20(34-14-13-33)10-9-19(7-2)16(3)15-30-24-17(4)31-25(29)35-24/h6-7,9-10,15,28,32H,1-3,5,8,11-14,27H2,4H3,(H2,29,31)/b19-9+,20-10+,23-21?,28-22?,30-15?. The Morgan fingerprint density at radius 1 is 1.37 bits per heavy atom. The molecule has 1 aromatic rings. The summed E-state index contributed by atoms with van der Waals surface area (Å²) in [5.41, 5.74) is 14.4. The maximum atomic E-state index is 7.95.